The maximum atomic E-state index is 12.6. The van der Waals surface area contributed by atoms with Gasteiger partial charge in [-0.2, -0.15) is 25.4 Å². The number of alkyl carbamates (subject to hydrolysis) is 2. The van der Waals surface area contributed by atoms with Gasteiger partial charge in [-0.3, -0.25) is 4.79 Å². The number of nitrogens with zero attached hydrogens (tertiary/aromatic N) is 2. The zero-order chi connectivity index (χ0) is 38.8. The van der Waals surface area contributed by atoms with E-state index in [-0.39, 0.29) is 24.9 Å². The largest absolute Gasteiger partial charge is 0.479 e. The van der Waals surface area contributed by atoms with Crippen LogP contribution in [0.2, 0.25) is 0 Å². The predicted octanol–water partition coefficient (Wildman–Crippen LogP) is 2.68. The first-order valence-electron chi connectivity index (χ1n) is 16.5. The van der Waals surface area contributed by atoms with E-state index in [9.17, 15) is 36.0 Å². The molecule has 3 amide bonds. The maximum Gasteiger partial charge on any atom is 0.408 e. The quantitative estimate of drug-likeness (QED) is 0.184. The van der Waals surface area contributed by atoms with Crippen LogP contribution in [-0.4, -0.2) is 103 Å². The zero-order valence-corrected chi connectivity index (χ0v) is 32.8. The first-order valence-corrected chi connectivity index (χ1v) is 19.4. The van der Waals surface area contributed by atoms with Gasteiger partial charge in [0.05, 0.1) is 0 Å². The summed E-state index contributed by atoms with van der Waals surface area (Å²) in [7, 11) is -7.36. The molecule has 2 aliphatic carbocycles. The van der Waals surface area contributed by atoms with Crippen LogP contribution in [0, 0.1) is 11.8 Å². The Bertz CT molecular complexity index is 1350. The summed E-state index contributed by atoms with van der Waals surface area (Å²) in [5.74, 6) is -1.80. The lowest BCUT2D eigenvalue weighted by Gasteiger charge is -2.25. The van der Waals surface area contributed by atoms with E-state index in [1.165, 1.54) is 4.31 Å². The Labute approximate surface area is 292 Å². The lowest BCUT2D eigenvalue weighted by molar-refractivity contribution is -0.141. The summed E-state index contributed by atoms with van der Waals surface area (Å²) in [6.45, 7) is 22.4. The molecule has 2 fully saturated rings. The number of ether oxygens (including phenoxy) is 2. The summed E-state index contributed by atoms with van der Waals surface area (Å²) in [6, 6.07) is 0. The number of nitrogens with two attached hydrogens (primary N) is 1. The van der Waals surface area contributed by atoms with Gasteiger partial charge in [-0.1, -0.05) is 54.4 Å². The fraction of sp³-hybridized carbons (Fsp3) is 0.867. The summed E-state index contributed by atoms with van der Waals surface area (Å²) < 4.78 is 60.1. The van der Waals surface area contributed by atoms with Crippen LogP contribution in [0.4, 0.5) is 9.59 Å². The van der Waals surface area contributed by atoms with Crippen LogP contribution in [0.25, 0.3) is 0 Å². The average Bonchev–Trinajstić information content (AvgIpc) is 3.82. The third-order valence-electron chi connectivity index (χ3n) is 7.76. The molecule has 0 saturated heterocycles. The van der Waals surface area contributed by atoms with Crippen molar-refractivity contribution in [1.29, 1.82) is 0 Å². The van der Waals surface area contributed by atoms with Crippen molar-refractivity contribution < 1.29 is 50.6 Å². The number of carboxylic acid groups (broad SMARTS) is 1. The summed E-state index contributed by atoms with van der Waals surface area (Å²) in [5, 5.41) is 18.9. The molecule has 0 aromatic carbocycles. The topological polar surface area (TPSA) is 244 Å². The monoisotopic (exact) mass is 744 g/mol. The molecule has 0 spiro atoms. The fourth-order valence-electron chi connectivity index (χ4n) is 4.99. The Morgan fingerprint density at radius 3 is 1.31 bits per heavy atom. The molecule has 4 atom stereocenters. The molecule has 2 unspecified atom stereocenters. The van der Waals surface area contributed by atoms with Crippen molar-refractivity contribution >= 4 is 44.5 Å². The molecule has 0 aliphatic heterocycles. The van der Waals surface area contributed by atoms with E-state index in [1.54, 1.807) is 69.2 Å². The highest BCUT2D eigenvalue weighted by Gasteiger charge is 2.62. The number of rotatable bonds is 13. The normalized spacial score (nSPS) is 23.2. The van der Waals surface area contributed by atoms with E-state index in [4.69, 9.17) is 19.7 Å². The van der Waals surface area contributed by atoms with Gasteiger partial charge in [-0.05, 0) is 66.2 Å². The van der Waals surface area contributed by atoms with Crippen LogP contribution in [0.1, 0.15) is 109 Å². The van der Waals surface area contributed by atoms with Gasteiger partial charge in [0.2, 0.25) is 0 Å². The van der Waals surface area contributed by atoms with Crippen molar-refractivity contribution in [3.05, 3.63) is 0 Å². The van der Waals surface area contributed by atoms with Crippen molar-refractivity contribution in [2.45, 2.75) is 131 Å². The van der Waals surface area contributed by atoms with Crippen LogP contribution in [0.3, 0.4) is 0 Å². The molecular weight excluding hydrogens is 684 g/mol. The fourth-order valence-corrected chi connectivity index (χ4v) is 6.94. The standard InChI is InChI=1S/C15H29N3O5S.C11H19NO4.C4H12N2O2S/c1-7-11-10-15(11,16-13(20)23-14(4,5)6)12(19)17-24(21,22)18(8-2)9-3;1-5-7-6-11(7,8(13)14)12-9(15)16-10(2,3)4;1-3-6(4-2)9(5,7)8/h11H,7-10H2,1-6H3,(H,16,20)(H,17,19);7H,5-6H2,1-4H3,(H,12,15)(H,13,14);3-4H2,1-2H3,(H2,5,7,8)/t11?,15-;7?,11-;/m11./s1. The molecule has 17 nitrogen and oxygen atoms in total. The van der Waals surface area contributed by atoms with Gasteiger partial charge in [-0.15, -0.1) is 0 Å². The molecular formula is C30H60N6O11S2. The number of hydrogen-bond donors (Lipinski definition) is 5. The van der Waals surface area contributed by atoms with E-state index in [2.05, 4.69) is 15.4 Å². The molecule has 2 saturated carbocycles. The second-order valence-electron chi connectivity index (χ2n) is 13.8. The minimum Gasteiger partial charge on any atom is -0.479 e. The number of aliphatic carboxylic acids is 1. The van der Waals surface area contributed by atoms with E-state index < -0.39 is 66.8 Å². The summed E-state index contributed by atoms with van der Waals surface area (Å²) >= 11 is 0. The SMILES string of the molecule is CCC1C[C@]1(NC(=O)OC(C)(C)C)C(=O)NS(=O)(=O)N(CC)CC.CCC1C[C@]1(NC(=O)OC(C)(C)C)C(=O)O.CCN(CC)S(N)(=O)=O. The highest BCUT2D eigenvalue weighted by atomic mass is 32.2. The van der Waals surface area contributed by atoms with Crippen molar-refractivity contribution in [2.75, 3.05) is 26.2 Å². The molecule has 0 aromatic rings. The summed E-state index contributed by atoms with van der Waals surface area (Å²) in [5.41, 5.74) is -3.64. The van der Waals surface area contributed by atoms with Gasteiger partial charge in [0.1, 0.15) is 22.3 Å². The molecule has 2 rings (SSSR count). The Morgan fingerprint density at radius 2 is 1.06 bits per heavy atom. The maximum absolute atomic E-state index is 12.6. The molecule has 2 aliphatic rings. The van der Waals surface area contributed by atoms with Gasteiger partial charge in [0.15, 0.2) is 0 Å². The van der Waals surface area contributed by atoms with Crippen LogP contribution >= 0.6 is 0 Å². The number of carboxylic acids is 1. The van der Waals surface area contributed by atoms with Gasteiger partial charge < -0.3 is 25.2 Å². The molecule has 288 valence electrons. The minimum atomic E-state index is -3.93. The predicted molar refractivity (Wildman–Crippen MR) is 185 cm³/mol. The number of hydrogen-bond acceptors (Lipinski definition) is 10. The molecule has 0 aromatic heterocycles. The lowest BCUT2D eigenvalue weighted by atomic mass is 10.1. The Hall–Kier alpha value is -2.74. The van der Waals surface area contributed by atoms with Gasteiger partial charge in [-0.25, -0.2) is 24.2 Å². The minimum absolute atomic E-state index is 0.0116. The summed E-state index contributed by atoms with van der Waals surface area (Å²) in [6.07, 6.45) is 0.872. The highest BCUT2D eigenvalue weighted by Crippen LogP contribution is 2.47. The van der Waals surface area contributed by atoms with Gasteiger partial charge >= 0.3 is 28.4 Å². The van der Waals surface area contributed by atoms with Gasteiger partial charge in [0.25, 0.3) is 16.1 Å². The van der Waals surface area contributed by atoms with E-state index >= 15 is 0 Å². The van der Waals surface area contributed by atoms with Crippen molar-refractivity contribution in [3.63, 3.8) is 0 Å². The Morgan fingerprint density at radius 1 is 0.714 bits per heavy atom. The van der Waals surface area contributed by atoms with Crippen molar-refractivity contribution in [3.8, 4) is 0 Å². The first kappa shape index (κ1) is 46.3. The van der Waals surface area contributed by atoms with E-state index in [0.29, 0.717) is 32.4 Å². The van der Waals surface area contributed by atoms with Crippen LogP contribution in [-0.2, 0) is 39.5 Å². The average molecular weight is 745 g/mol. The molecule has 19 heteroatoms. The van der Waals surface area contributed by atoms with Crippen LogP contribution in [0.15, 0.2) is 0 Å². The van der Waals surface area contributed by atoms with E-state index in [0.717, 1.165) is 10.7 Å². The van der Waals surface area contributed by atoms with Gasteiger partial charge in [0, 0.05) is 26.2 Å². The van der Waals surface area contributed by atoms with Crippen molar-refractivity contribution in [1.82, 2.24) is 24.0 Å². The van der Waals surface area contributed by atoms with Crippen molar-refractivity contribution in [2.24, 2.45) is 17.0 Å². The second-order valence-corrected chi connectivity index (χ2v) is 17.0. The van der Waals surface area contributed by atoms with Crippen LogP contribution < -0.4 is 20.5 Å². The zero-order valence-electron chi connectivity index (χ0n) is 31.1. The summed E-state index contributed by atoms with van der Waals surface area (Å²) in [4.78, 5) is 47.1. The molecule has 0 radical (unpaired) electrons. The molecule has 0 heterocycles. The number of carbonyl (C=O) groups is 4. The number of amides is 3. The lowest BCUT2D eigenvalue weighted by Crippen LogP contribution is -2.55. The van der Waals surface area contributed by atoms with E-state index in [1.807, 2.05) is 13.8 Å². The Balaban J connectivity index is 0.000000790. The molecule has 6 N–H and O–H groups in total. The number of carbonyl (C=O) groups excluding carboxylic acids is 3. The smallest absolute Gasteiger partial charge is 0.408 e. The molecule has 0 bridgehead atoms. The second kappa shape index (κ2) is 18.0. The number of nitrogens with one attached hydrogen (secondary N) is 3. The third kappa shape index (κ3) is 14.6. The Kier molecular flexibility index (Phi) is 17.0. The highest BCUT2D eigenvalue weighted by molar-refractivity contribution is 7.87. The van der Waals surface area contributed by atoms with Crippen LogP contribution in [0.5, 0.6) is 0 Å². The third-order valence-corrected chi connectivity index (χ3v) is 10.6. The molecule has 49 heavy (non-hydrogen) atoms. The first-order chi connectivity index (χ1) is 22.1.